The van der Waals surface area contributed by atoms with Gasteiger partial charge in [-0.25, -0.2) is 4.39 Å². The molecule has 5 heteroatoms. The third-order valence-electron chi connectivity index (χ3n) is 4.37. The van der Waals surface area contributed by atoms with Crippen molar-refractivity contribution in [3.8, 4) is 0 Å². The summed E-state index contributed by atoms with van der Waals surface area (Å²) in [6.07, 6.45) is 0. The molecule has 3 rings (SSSR count). The molecule has 2 aromatic carbocycles. The minimum absolute atomic E-state index is 0.199. The number of nitrogens with two attached hydrogens (primary N) is 1. The van der Waals surface area contributed by atoms with E-state index in [4.69, 9.17) is 17.3 Å². The standard InChI is InChI=1S/C18H18ClFN2O/c19-15-6-13(7-16(20)8-15)18(23)22-10-14(9-21)17(11-22)12-4-2-1-3-5-12/h1-8,14,17H,9-11,21H2/t14-,17+/m1/s1. The van der Waals surface area contributed by atoms with E-state index in [1.165, 1.54) is 23.8 Å². The van der Waals surface area contributed by atoms with Crippen molar-refractivity contribution in [3.05, 3.63) is 70.5 Å². The van der Waals surface area contributed by atoms with Crippen LogP contribution in [0, 0.1) is 11.7 Å². The van der Waals surface area contributed by atoms with Crippen LogP contribution in [0.15, 0.2) is 48.5 Å². The summed E-state index contributed by atoms with van der Waals surface area (Å²) in [6, 6.07) is 14.0. The zero-order chi connectivity index (χ0) is 16.4. The first-order valence-electron chi connectivity index (χ1n) is 7.59. The molecule has 0 radical (unpaired) electrons. The highest BCUT2D eigenvalue weighted by molar-refractivity contribution is 6.31. The first-order chi connectivity index (χ1) is 11.1. The molecule has 120 valence electrons. The van der Waals surface area contributed by atoms with Gasteiger partial charge in [0.25, 0.3) is 5.91 Å². The number of rotatable bonds is 3. The number of halogens is 2. The quantitative estimate of drug-likeness (QED) is 0.937. The average molecular weight is 333 g/mol. The van der Waals surface area contributed by atoms with Crippen LogP contribution in [-0.4, -0.2) is 30.4 Å². The Morgan fingerprint density at radius 2 is 1.96 bits per heavy atom. The highest BCUT2D eigenvalue weighted by Crippen LogP contribution is 2.33. The van der Waals surface area contributed by atoms with Crippen LogP contribution in [0.3, 0.4) is 0 Å². The van der Waals surface area contributed by atoms with Gasteiger partial charge in [0.15, 0.2) is 0 Å². The van der Waals surface area contributed by atoms with Gasteiger partial charge in [-0.3, -0.25) is 4.79 Å². The fraction of sp³-hybridized carbons (Fsp3) is 0.278. The van der Waals surface area contributed by atoms with Crippen LogP contribution in [0.25, 0.3) is 0 Å². The molecule has 1 aliphatic heterocycles. The Morgan fingerprint density at radius 1 is 1.22 bits per heavy atom. The summed E-state index contributed by atoms with van der Waals surface area (Å²) >= 11 is 5.85. The fourth-order valence-corrected chi connectivity index (χ4v) is 3.44. The second kappa shape index (κ2) is 6.69. The van der Waals surface area contributed by atoms with Crippen molar-refractivity contribution in [1.29, 1.82) is 0 Å². The number of likely N-dealkylation sites (tertiary alicyclic amines) is 1. The lowest BCUT2D eigenvalue weighted by atomic mass is 9.89. The molecule has 2 atom stereocenters. The summed E-state index contributed by atoms with van der Waals surface area (Å²) in [4.78, 5) is 14.4. The molecule has 0 aromatic heterocycles. The van der Waals surface area contributed by atoms with Gasteiger partial charge in [0.1, 0.15) is 5.82 Å². The molecule has 2 aromatic rings. The Morgan fingerprint density at radius 3 is 2.61 bits per heavy atom. The summed E-state index contributed by atoms with van der Waals surface area (Å²) < 4.78 is 13.5. The van der Waals surface area contributed by atoms with Crippen LogP contribution in [0.1, 0.15) is 21.8 Å². The summed E-state index contributed by atoms with van der Waals surface area (Å²) in [6.45, 7) is 1.66. The SMILES string of the molecule is NC[C@@H]1CN(C(=O)c2cc(F)cc(Cl)c2)C[C@H]1c1ccccc1. The van der Waals surface area contributed by atoms with Crippen LogP contribution in [0.5, 0.6) is 0 Å². The van der Waals surface area contributed by atoms with E-state index < -0.39 is 5.82 Å². The van der Waals surface area contributed by atoms with Gasteiger partial charge in [0, 0.05) is 29.6 Å². The first kappa shape index (κ1) is 16.0. The van der Waals surface area contributed by atoms with E-state index in [1.54, 1.807) is 4.90 Å². The minimum Gasteiger partial charge on any atom is -0.338 e. The maximum atomic E-state index is 13.5. The largest absolute Gasteiger partial charge is 0.338 e. The van der Waals surface area contributed by atoms with Gasteiger partial charge in [0.2, 0.25) is 0 Å². The van der Waals surface area contributed by atoms with Crippen LogP contribution in [0.4, 0.5) is 4.39 Å². The molecule has 1 aliphatic rings. The minimum atomic E-state index is -0.505. The Bertz CT molecular complexity index is 687. The lowest BCUT2D eigenvalue weighted by Crippen LogP contribution is -2.29. The Hall–Kier alpha value is -1.91. The van der Waals surface area contributed by atoms with E-state index in [0.29, 0.717) is 19.6 Å². The second-order valence-corrected chi connectivity index (χ2v) is 6.32. The van der Waals surface area contributed by atoms with Gasteiger partial charge in [-0.15, -0.1) is 0 Å². The van der Waals surface area contributed by atoms with Gasteiger partial charge in [-0.05, 0) is 36.2 Å². The number of carbonyl (C=O) groups is 1. The summed E-state index contributed by atoms with van der Waals surface area (Å²) in [5.74, 6) is -0.308. The van der Waals surface area contributed by atoms with E-state index in [9.17, 15) is 9.18 Å². The van der Waals surface area contributed by atoms with Crippen molar-refractivity contribution < 1.29 is 9.18 Å². The monoisotopic (exact) mass is 332 g/mol. The van der Waals surface area contributed by atoms with E-state index in [-0.39, 0.29) is 28.3 Å². The fourth-order valence-electron chi connectivity index (χ4n) is 3.21. The van der Waals surface area contributed by atoms with E-state index >= 15 is 0 Å². The third-order valence-corrected chi connectivity index (χ3v) is 4.59. The van der Waals surface area contributed by atoms with E-state index in [2.05, 4.69) is 12.1 Å². The van der Waals surface area contributed by atoms with Gasteiger partial charge < -0.3 is 10.6 Å². The highest BCUT2D eigenvalue weighted by atomic mass is 35.5. The number of nitrogens with zero attached hydrogens (tertiary/aromatic N) is 1. The molecule has 0 aliphatic carbocycles. The predicted molar refractivity (Wildman–Crippen MR) is 89.0 cm³/mol. The maximum Gasteiger partial charge on any atom is 0.254 e. The molecular formula is C18H18ClFN2O. The van der Waals surface area contributed by atoms with Crippen LogP contribution in [-0.2, 0) is 0 Å². The molecule has 0 spiro atoms. The number of hydrogen-bond donors (Lipinski definition) is 1. The van der Waals surface area contributed by atoms with Crippen LogP contribution >= 0.6 is 11.6 Å². The van der Waals surface area contributed by atoms with Crippen LogP contribution in [0.2, 0.25) is 5.02 Å². The topological polar surface area (TPSA) is 46.3 Å². The lowest BCUT2D eigenvalue weighted by Gasteiger charge is -2.17. The van der Waals surface area contributed by atoms with Crippen LogP contribution < -0.4 is 5.73 Å². The second-order valence-electron chi connectivity index (χ2n) is 5.88. The summed E-state index contributed by atoms with van der Waals surface area (Å²) in [5, 5.41) is 0.225. The molecule has 0 saturated carbocycles. The third kappa shape index (κ3) is 3.38. The molecule has 1 heterocycles. The molecule has 3 nitrogen and oxygen atoms in total. The molecule has 23 heavy (non-hydrogen) atoms. The molecule has 2 N–H and O–H groups in total. The van der Waals surface area contributed by atoms with Crippen molar-refractivity contribution in [2.75, 3.05) is 19.6 Å². The zero-order valence-corrected chi connectivity index (χ0v) is 13.3. The molecule has 1 amide bonds. The van der Waals surface area contributed by atoms with Crippen molar-refractivity contribution in [3.63, 3.8) is 0 Å². The average Bonchev–Trinajstić information content (AvgIpc) is 2.98. The van der Waals surface area contributed by atoms with Gasteiger partial charge >= 0.3 is 0 Å². The first-order valence-corrected chi connectivity index (χ1v) is 7.96. The van der Waals surface area contributed by atoms with Crippen molar-refractivity contribution >= 4 is 17.5 Å². The summed E-state index contributed by atoms with van der Waals surface area (Å²) in [5.41, 5.74) is 7.35. The van der Waals surface area contributed by atoms with Crippen molar-refractivity contribution in [2.45, 2.75) is 5.92 Å². The Labute approximate surface area is 139 Å². The van der Waals surface area contributed by atoms with E-state index in [1.807, 2.05) is 18.2 Å². The maximum absolute atomic E-state index is 13.5. The lowest BCUT2D eigenvalue weighted by molar-refractivity contribution is 0.0786. The highest BCUT2D eigenvalue weighted by Gasteiger charge is 2.35. The molecule has 0 bridgehead atoms. The number of hydrogen-bond acceptors (Lipinski definition) is 2. The van der Waals surface area contributed by atoms with Crippen molar-refractivity contribution in [1.82, 2.24) is 4.90 Å². The molecular weight excluding hydrogens is 315 g/mol. The van der Waals surface area contributed by atoms with Crippen molar-refractivity contribution in [2.24, 2.45) is 11.7 Å². The zero-order valence-electron chi connectivity index (χ0n) is 12.6. The predicted octanol–water partition coefficient (Wildman–Crippen LogP) is 3.29. The Balaban J connectivity index is 1.83. The normalized spacial score (nSPS) is 20.7. The van der Waals surface area contributed by atoms with Gasteiger partial charge in [0.05, 0.1) is 0 Å². The Kier molecular flexibility index (Phi) is 4.64. The summed E-state index contributed by atoms with van der Waals surface area (Å²) in [7, 11) is 0. The number of benzene rings is 2. The molecule has 0 unspecified atom stereocenters. The number of carbonyl (C=O) groups excluding carboxylic acids is 1. The number of amides is 1. The van der Waals surface area contributed by atoms with E-state index in [0.717, 1.165) is 0 Å². The molecule has 1 fully saturated rings. The molecule has 1 saturated heterocycles. The van der Waals surface area contributed by atoms with Gasteiger partial charge in [-0.1, -0.05) is 41.9 Å². The van der Waals surface area contributed by atoms with Gasteiger partial charge in [-0.2, -0.15) is 0 Å². The smallest absolute Gasteiger partial charge is 0.254 e.